The van der Waals surface area contributed by atoms with Crippen LogP contribution < -0.4 is 0 Å². The molecule has 2 fully saturated rings. The third-order valence-electron chi connectivity index (χ3n) is 10.2. The SMILES string of the molecule is CCCCCC(O)C=CC1C(OC(=O)CC(=O)OC2CC(=O)C(CC=CCCCC(=O)O)C2C=CC(O)CCCCC)CC(=O)C1CC=CCCCC(=O)O. The molecule has 0 spiro atoms. The van der Waals surface area contributed by atoms with Crippen molar-refractivity contribution in [2.75, 3.05) is 0 Å². The largest absolute Gasteiger partial charge is 0.481 e. The molecule has 0 aromatic carbocycles. The van der Waals surface area contributed by atoms with Gasteiger partial charge in [0.1, 0.15) is 30.2 Å². The zero-order chi connectivity index (χ0) is 40.6. The molecule has 2 aliphatic carbocycles. The first-order valence-corrected chi connectivity index (χ1v) is 20.3. The van der Waals surface area contributed by atoms with Crippen LogP contribution in [0.1, 0.15) is 136 Å². The number of carbonyl (C=O) groups excluding carboxylic acids is 4. The predicted molar refractivity (Wildman–Crippen MR) is 207 cm³/mol. The van der Waals surface area contributed by atoms with E-state index >= 15 is 0 Å². The summed E-state index contributed by atoms with van der Waals surface area (Å²) < 4.78 is 11.4. The van der Waals surface area contributed by atoms with Gasteiger partial charge in [-0.15, -0.1) is 0 Å². The van der Waals surface area contributed by atoms with Crippen molar-refractivity contribution in [3.8, 4) is 0 Å². The summed E-state index contributed by atoms with van der Waals surface area (Å²) in [5.74, 6) is -5.90. The number of esters is 2. The van der Waals surface area contributed by atoms with Crippen LogP contribution >= 0.6 is 0 Å². The Bertz CT molecular complexity index is 1250. The van der Waals surface area contributed by atoms with Gasteiger partial charge in [-0.3, -0.25) is 28.8 Å². The molecule has 0 aromatic heterocycles. The summed E-state index contributed by atoms with van der Waals surface area (Å²) in [5.41, 5.74) is 0. The highest BCUT2D eigenvalue weighted by Crippen LogP contribution is 2.37. The minimum absolute atomic E-state index is 0.0423. The van der Waals surface area contributed by atoms with E-state index in [0.717, 1.165) is 38.5 Å². The van der Waals surface area contributed by atoms with Gasteiger partial charge in [0.2, 0.25) is 0 Å². The molecular formula is C43H64O12. The van der Waals surface area contributed by atoms with Crippen molar-refractivity contribution >= 4 is 35.4 Å². The Kier molecular flexibility index (Phi) is 23.0. The van der Waals surface area contributed by atoms with Gasteiger partial charge in [0.25, 0.3) is 0 Å². The normalized spacial score (nSPS) is 24.1. The second-order valence-corrected chi connectivity index (χ2v) is 14.8. The lowest BCUT2D eigenvalue weighted by Crippen LogP contribution is -2.28. The third-order valence-corrected chi connectivity index (χ3v) is 10.2. The van der Waals surface area contributed by atoms with E-state index < -0.39 is 78.4 Å². The van der Waals surface area contributed by atoms with Crippen molar-refractivity contribution < 1.29 is 58.7 Å². The van der Waals surface area contributed by atoms with Crippen LogP contribution in [0, 0.1) is 23.7 Å². The van der Waals surface area contributed by atoms with Crippen LogP contribution in [0.3, 0.4) is 0 Å². The van der Waals surface area contributed by atoms with Gasteiger partial charge in [-0.2, -0.15) is 0 Å². The van der Waals surface area contributed by atoms with Crippen LogP contribution in [0.4, 0.5) is 0 Å². The first-order valence-electron chi connectivity index (χ1n) is 20.3. The minimum atomic E-state index is -0.878. The van der Waals surface area contributed by atoms with E-state index in [-0.39, 0.29) is 37.2 Å². The molecule has 0 aliphatic heterocycles. The van der Waals surface area contributed by atoms with E-state index in [9.17, 15) is 39.0 Å². The molecule has 55 heavy (non-hydrogen) atoms. The topological polar surface area (TPSA) is 202 Å². The number of unbranched alkanes of at least 4 members (excludes halogenated alkanes) is 6. The first-order chi connectivity index (χ1) is 26.4. The number of aliphatic hydroxyl groups is 2. The van der Waals surface area contributed by atoms with Gasteiger partial charge in [-0.25, -0.2) is 0 Å². The smallest absolute Gasteiger partial charge is 0.317 e. The number of allylic oxidation sites excluding steroid dienone is 4. The number of carbonyl (C=O) groups is 6. The number of hydrogen-bond donors (Lipinski definition) is 4. The van der Waals surface area contributed by atoms with Crippen LogP contribution in [-0.4, -0.2) is 80.3 Å². The van der Waals surface area contributed by atoms with Gasteiger partial charge >= 0.3 is 23.9 Å². The highest BCUT2D eigenvalue weighted by Gasteiger charge is 2.44. The highest BCUT2D eigenvalue weighted by molar-refractivity contribution is 5.92. The van der Waals surface area contributed by atoms with Crippen molar-refractivity contribution in [3.63, 3.8) is 0 Å². The maximum Gasteiger partial charge on any atom is 0.317 e. The number of hydrogen-bond acceptors (Lipinski definition) is 10. The standard InChI is InChI=1S/C43H64O12/c1-3-5-11-17-30(44)23-25-34-32(19-13-7-9-15-21-40(48)49)36(46)27-38(34)54-42(52)29-43(53)55-39-28-37(47)33(20-14-8-10-16-22-41(50)51)35(39)26-24-31(45)18-12-6-4-2/h7-8,13-14,23-26,30-35,38-39,44-45H,3-6,9-12,15-22,27-29H2,1-2H3,(H,48,49)(H,50,51). The van der Waals surface area contributed by atoms with Crippen molar-refractivity contribution in [1.82, 2.24) is 0 Å². The Morgan fingerprint density at radius 2 is 1.04 bits per heavy atom. The molecule has 2 aliphatic rings. The van der Waals surface area contributed by atoms with E-state index in [0.29, 0.717) is 51.4 Å². The predicted octanol–water partition coefficient (Wildman–Crippen LogP) is 7.01. The summed E-state index contributed by atoms with van der Waals surface area (Å²) in [6, 6.07) is 0. The Hall–Kier alpha value is -3.90. The van der Waals surface area contributed by atoms with Crippen molar-refractivity contribution in [1.29, 1.82) is 0 Å². The summed E-state index contributed by atoms with van der Waals surface area (Å²) in [6.07, 6.45) is 19.5. The molecule has 308 valence electrons. The number of aliphatic carboxylic acids is 2. The van der Waals surface area contributed by atoms with E-state index in [1.54, 1.807) is 24.3 Å². The number of carboxylic acids is 2. The van der Waals surface area contributed by atoms with Crippen molar-refractivity contribution in [2.45, 2.75) is 160 Å². The first kappa shape index (κ1) is 47.3. The zero-order valence-electron chi connectivity index (χ0n) is 32.7. The molecule has 0 aromatic rings. The van der Waals surface area contributed by atoms with Crippen LogP contribution in [0.5, 0.6) is 0 Å². The van der Waals surface area contributed by atoms with Gasteiger partial charge < -0.3 is 29.9 Å². The summed E-state index contributed by atoms with van der Waals surface area (Å²) in [7, 11) is 0. The Balaban J connectivity index is 2.12. The van der Waals surface area contributed by atoms with E-state index in [4.69, 9.17) is 19.7 Å². The van der Waals surface area contributed by atoms with Gasteiger partial charge in [0, 0.05) is 49.4 Å². The molecule has 2 rings (SSSR count). The van der Waals surface area contributed by atoms with E-state index in [2.05, 4.69) is 13.8 Å². The lowest BCUT2D eigenvalue weighted by molar-refractivity contribution is -0.161. The molecule has 4 N–H and O–H groups in total. The molecule has 8 atom stereocenters. The molecule has 0 radical (unpaired) electrons. The fourth-order valence-corrected chi connectivity index (χ4v) is 7.17. The van der Waals surface area contributed by atoms with Crippen LogP contribution in [0.2, 0.25) is 0 Å². The maximum absolute atomic E-state index is 13.2. The Morgan fingerprint density at radius 1 is 0.636 bits per heavy atom. The van der Waals surface area contributed by atoms with Gasteiger partial charge in [0.05, 0.1) is 12.2 Å². The third kappa shape index (κ3) is 19.0. The molecule has 0 bridgehead atoms. The molecule has 8 unspecified atom stereocenters. The van der Waals surface area contributed by atoms with Crippen LogP contribution in [0.25, 0.3) is 0 Å². The number of Topliss-reactive ketones (excluding diaryl/α,β-unsaturated/α-hetero) is 2. The molecule has 0 amide bonds. The number of ketones is 2. The fraction of sp³-hybridized carbons (Fsp3) is 0.674. The van der Waals surface area contributed by atoms with Gasteiger partial charge in [-0.05, 0) is 51.4 Å². The molecule has 2 saturated carbocycles. The number of aliphatic hydroxyl groups excluding tert-OH is 2. The van der Waals surface area contributed by atoms with Gasteiger partial charge in [0.15, 0.2) is 0 Å². The van der Waals surface area contributed by atoms with Crippen molar-refractivity contribution in [3.05, 3.63) is 48.6 Å². The lowest BCUT2D eigenvalue weighted by atomic mass is 9.90. The zero-order valence-corrected chi connectivity index (χ0v) is 32.7. The van der Waals surface area contributed by atoms with Crippen molar-refractivity contribution in [2.24, 2.45) is 23.7 Å². The minimum Gasteiger partial charge on any atom is -0.481 e. The Labute approximate surface area is 326 Å². The average Bonchev–Trinajstić information content (AvgIpc) is 3.57. The molecule has 12 nitrogen and oxygen atoms in total. The molecule has 0 heterocycles. The number of rotatable bonds is 28. The summed E-state index contributed by atoms with van der Waals surface area (Å²) in [6.45, 7) is 4.13. The average molecular weight is 773 g/mol. The second kappa shape index (κ2) is 26.8. The number of carboxylic acid groups (broad SMARTS) is 2. The quantitative estimate of drug-likeness (QED) is 0.0275. The molecule has 12 heteroatoms. The van der Waals surface area contributed by atoms with Gasteiger partial charge in [-0.1, -0.05) is 101 Å². The Morgan fingerprint density at radius 3 is 1.40 bits per heavy atom. The van der Waals surface area contributed by atoms with E-state index in [1.165, 1.54) is 0 Å². The summed E-state index contributed by atoms with van der Waals surface area (Å²) in [5, 5.41) is 38.8. The van der Waals surface area contributed by atoms with Crippen LogP contribution in [0.15, 0.2) is 48.6 Å². The monoisotopic (exact) mass is 772 g/mol. The lowest BCUT2D eigenvalue weighted by Gasteiger charge is -2.22. The highest BCUT2D eigenvalue weighted by atomic mass is 16.6. The van der Waals surface area contributed by atoms with E-state index in [1.807, 2.05) is 24.3 Å². The summed E-state index contributed by atoms with van der Waals surface area (Å²) >= 11 is 0. The second-order valence-electron chi connectivity index (χ2n) is 14.8. The maximum atomic E-state index is 13.2. The van der Waals surface area contributed by atoms with Crippen LogP contribution in [-0.2, 0) is 38.2 Å². The molecule has 0 saturated heterocycles. The number of ether oxygens (including phenoxy) is 2. The fourth-order valence-electron chi connectivity index (χ4n) is 7.17. The molecular weight excluding hydrogens is 708 g/mol. The summed E-state index contributed by atoms with van der Waals surface area (Å²) in [4.78, 5) is 74.2.